The Kier molecular flexibility index (Phi) is 2.41. The summed E-state index contributed by atoms with van der Waals surface area (Å²) < 4.78 is 2.22. The van der Waals surface area contributed by atoms with Crippen molar-refractivity contribution in [3.63, 3.8) is 0 Å². The van der Waals surface area contributed by atoms with E-state index in [1.54, 1.807) is 0 Å². The van der Waals surface area contributed by atoms with Crippen LogP contribution >= 0.6 is 0 Å². The van der Waals surface area contributed by atoms with Crippen LogP contribution in [0.3, 0.4) is 0 Å². The van der Waals surface area contributed by atoms with Crippen molar-refractivity contribution in [2.24, 2.45) is 0 Å². The van der Waals surface area contributed by atoms with Crippen molar-refractivity contribution in [2.45, 2.75) is 25.2 Å². The highest BCUT2D eigenvalue weighted by Gasteiger charge is 2.25. The monoisotopic (exact) mass is 288 g/mol. The van der Waals surface area contributed by atoms with Crippen LogP contribution in [0.25, 0.3) is 27.7 Å². The lowest BCUT2D eigenvalue weighted by Crippen LogP contribution is -2.12. The zero-order valence-corrected chi connectivity index (χ0v) is 12.2. The number of benzene rings is 1. The van der Waals surface area contributed by atoms with Crippen molar-refractivity contribution in [2.75, 3.05) is 0 Å². The third kappa shape index (κ3) is 1.64. The molecule has 1 saturated carbocycles. The molecule has 1 N–H and O–H groups in total. The molecule has 108 valence electrons. The molecule has 0 saturated heterocycles. The third-order valence-corrected chi connectivity index (χ3v) is 4.77. The lowest BCUT2D eigenvalue weighted by Gasteiger charge is -2.23. The quantitative estimate of drug-likeness (QED) is 0.602. The van der Waals surface area contributed by atoms with E-state index in [1.807, 2.05) is 24.8 Å². The van der Waals surface area contributed by atoms with E-state index in [0.29, 0.717) is 5.92 Å². The van der Waals surface area contributed by atoms with Crippen LogP contribution in [0.2, 0.25) is 0 Å². The van der Waals surface area contributed by atoms with Crippen LogP contribution in [0.4, 0.5) is 0 Å². The van der Waals surface area contributed by atoms with E-state index in [-0.39, 0.29) is 0 Å². The van der Waals surface area contributed by atoms with Crippen LogP contribution < -0.4 is 0 Å². The number of nitrogens with zero attached hydrogens (tertiary/aromatic N) is 3. The zero-order chi connectivity index (χ0) is 14.5. The van der Waals surface area contributed by atoms with Gasteiger partial charge in [-0.3, -0.25) is 9.38 Å². The average Bonchev–Trinajstić information content (AvgIpc) is 3.10. The van der Waals surface area contributed by atoms with Crippen molar-refractivity contribution in [1.82, 2.24) is 19.4 Å². The van der Waals surface area contributed by atoms with Gasteiger partial charge in [0.1, 0.15) is 5.82 Å². The highest BCUT2D eigenvalue weighted by Crippen LogP contribution is 2.38. The number of nitrogens with one attached hydrogen (secondary N) is 1. The molecule has 0 bridgehead atoms. The molecule has 4 nitrogen and oxygen atoms in total. The first kappa shape index (κ1) is 12.0. The molecule has 0 aliphatic heterocycles. The maximum absolute atomic E-state index is 4.99. The standard InChI is InChI=1S/C18H16N4/c1-2-12(3-1)18-21-17(16-11-19-8-9-22(16)18)14-4-5-15-13(10-14)6-7-20-15/h4-12,20H,1-3H2. The molecule has 0 amide bonds. The Labute approximate surface area is 127 Å². The van der Waals surface area contributed by atoms with E-state index >= 15 is 0 Å². The van der Waals surface area contributed by atoms with Gasteiger partial charge in [0.2, 0.25) is 0 Å². The van der Waals surface area contributed by atoms with Gasteiger partial charge in [-0.1, -0.05) is 12.5 Å². The van der Waals surface area contributed by atoms with Gasteiger partial charge in [0.15, 0.2) is 0 Å². The van der Waals surface area contributed by atoms with Gasteiger partial charge in [0, 0.05) is 41.0 Å². The largest absolute Gasteiger partial charge is 0.361 e. The summed E-state index contributed by atoms with van der Waals surface area (Å²) in [6.45, 7) is 0. The van der Waals surface area contributed by atoms with E-state index in [0.717, 1.165) is 22.3 Å². The molecule has 1 aliphatic rings. The second-order valence-corrected chi connectivity index (χ2v) is 6.06. The Morgan fingerprint density at radius 1 is 1.18 bits per heavy atom. The molecule has 1 fully saturated rings. The van der Waals surface area contributed by atoms with E-state index in [9.17, 15) is 0 Å². The topological polar surface area (TPSA) is 46.0 Å². The summed E-state index contributed by atoms with van der Waals surface area (Å²) in [7, 11) is 0. The number of imidazole rings is 1. The molecule has 0 spiro atoms. The summed E-state index contributed by atoms with van der Waals surface area (Å²) in [5.41, 5.74) is 4.45. The summed E-state index contributed by atoms with van der Waals surface area (Å²) in [6.07, 6.45) is 11.6. The van der Waals surface area contributed by atoms with E-state index in [2.05, 4.69) is 38.6 Å². The number of fused-ring (bicyclic) bond motifs is 2. The van der Waals surface area contributed by atoms with Crippen LogP contribution in [-0.2, 0) is 0 Å². The molecule has 5 rings (SSSR count). The molecule has 3 heterocycles. The summed E-state index contributed by atoms with van der Waals surface area (Å²) >= 11 is 0. The van der Waals surface area contributed by atoms with Crippen LogP contribution in [-0.4, -0.2) is 19.4 Å². The molecular weight excluding hydrogens is 272 g/mol. The lowest BCUT2D eigenvalue weighted by atomic mass is 9.85. The highest BCUT2D eigenvalue weighted by molar-refractivity contribution is 5.87. The molecule has 1 aliphatic carbocycles. The van der Waals surface area contributed by atoms with Gasteiger partial charge in [-0.15, -0.1) is 0 Å². The predicted octanol–water partition coefficient (Wildman–Crippen LogP) is 4.15. The van der Waals surface area contributed by atoms with Gasteiger partial charge in [-0.05, 0) is 31.0 Å². The lowest BCUT2D eigenvalue weighted by molar-refractivity contribution is 0.400. The fourth-order valence-electron chi connectivity index (χ4n) is 3.33. The van der Waals surface area contributed by atoms with Gasteiger partial charge in [0.05, 0.1) is 17.4 Å². The van der Waals surface area contributed by atoms with Crippen molar-refractivity contribution in [3.8, 4) is 11.3 Å². The number of hydrogen-bond donors (Lipinski definition) is 1. The highest BCUT2D eigenvalue weighted by atomic mass is 15.0. The predicted molar refractivity (Wildman–Crippen MR) is 86.9 cm³/mol. The Morgan fingerprint density at radius 2 is 2.14 bits per heavy atom. The van der Waals surface area contributed by atoms with Crippen LogP contribution in [0.5, 0.6) is 0 Å². The second-order valence-electron chi connectivity index (χ2n) is 6.06. The summed E-state index contributed by atoms with van der Waals surface area (Å²) in [5.74, 6) is 1.78. The fraction of sp³-hybridized carbons (Fsp3) is 0.222. The molecule has 1 aromatic carbocycles. The zero-order valence-electron chi connectivity index (χ0n) is 12.2. The smallest absolute Gasteiger partial charge is 0.117 e. The summed E-state index contributed by atoms with van der Waals surface area (Å²) in [4.78, 5) is 12.5. The summed E-state index contributed by atoms with van der Waals surface area (Å²) in [5, 5.41) is 1.22. The van der Waals surface area contributed by atoms with Crippen LogP contribution in [0.1, 0.15) is 31.0 Å². The number of rotatable bonds is 2. The maximum atomic E-state index is 4.99. The molecule has 0 unspecified atom stereocenters. The van der Waals surface area contributed by atoms with E-state index in [4.69, 9.17) is 4.98 Å². The first-order chi connectivity index (χ1) is 10.9. The first-order valence-corrected chi connectivity index (χ1v) is 7.79. The van der Waals surface area contributed by atoms with Gasteiger partial charge in [0.25, 0.3) is 0 Å². The number of aromatic amines is 1. The first-order valence-electron chi connectivity index (χ1n) is 7.79. The molecule has 4 heteroatoms. The van der Waals surface area contributed by atoms with E-state index in [1.165, 1.54) is 30.5 Å². The Bertz CT molecular complexity index is 975. The SMILES string of the molecule is c1cn2c(C3CCC3)nc(-c3ccc4[nH]ccc4c3)c2cn1. The number of H-pyrrole nitrogens is 1. The van der Waals surface area contributed by atoms with Crippen molar-refractivity contribution in [1.29, 1.82) is 0 Å². The van der Waals surface area contributed by atoms with Crippen molar-refractivity contribution in [3.05, 3.63) is 54.9 Å². The van der Waals surface area contributed by atoms with Gasteiger partial charge >= 0.3 is 0 Å². The molecule has 0 atom stereocenters. The second kappa shape index (κ2) is 4.44. The van der Waals surface area contributed by atoms with Crippen molar-refractivity contribution >= 4 is 16.4 Å². The number of hydrogen-bond acceptors (Lipinski definition) is 2. The molecule has 4 aromatic rings. The average molecular weight is 288 g/mol. The normalized spacial score (nSPS) is 15.5. The minimum Gasteiger partial charge on any atom is -0.361 e. The van der Waals surface area contributed by atoms with E-state index < -0.39 is 0 Å². The van der Waals surface area contributed by atoms with Gasteiger partial charge < -0.3 is 4.98 Å². The Morgan fingerprint density at radius 3 is 3.00 bits per heavy atom. The molecule has 3 aromatic heterocycles. The molecule has 22 heavy (non-hydrogen) atoms. The molecule has 0 radical (unpaired) electrons. The minimum absolute atomic E-state index is 0.597. The van der Waals surface area contributed by atoms with Crippen LogP contribution in [0, 0.1) is 0 Å². The molecular formula is C18H16N4. The maximum Gasteiger partial charge on any atom is 0.117 e. The van der Waals surface area contributed by atoms with Gasteiger partial charge in [-0.2, -0.15) is 0 Å². The van der Waals surface area contributed by atoms with Gasteiger partial charge in [-0.25, -0.2) is 4.98 Å². The fourth-order valence-corrected chi connectivity index (χ4v) is 3.33. The Hall–Kier alpha value is -2.62. The van der Waals surface area contributed by atoms with Crippen LogP contribution in [0.15, 0.2) is 49.1 Å². The summed E-state index contributed by atoms with van der Waals surface area (Å²) in [6, 6.07) is 8.56. The minimum atomic E-state index is 0.597. The number of aromatic nitrogens is 4. The third-order valence-electron chi connectivity index (χ3n) is 4.77. The Balaban J connectivity index is 1.76. The van der Waals surface area contributed by atoms with Crippen molar-refractivity contribution < 1.29 is 0 Å².